The summed E-state index contributed by atoms with van der Waals surface area (Å²) >= 11 is 0. The molecule has 0 aliphatic rings. The second-order valence-electron chi connectivity index (χ2n) is 7.06. The molecular weight excluding hydrogens is 388 g/mol. The Hall–Kier alpha value is -3.42. The standard InChI is InChI=1S/C22H26N2O6/c1-5-29-19-12-7-6-11-18(19)21(25)23-20(14(2)3)22(26)30-15(4)16-9-8-10-17(13-16)24(27)28/h6-15,20H,5H2,1-4H3,(H,23,25)/t15-,20+/m1/s1. The minimum atomic E-state index is -0.895. The maximum atomic E-state index is 12.8. The summed E-state index contributed by atoms with van der Waals surface area (Å²) < 4.78 is 11.0. The molecule has 0 spiro atoms. The highest BCUT2D eigenvalue weighted by atomic mass is 16.6. The molecule has 0 unspecified atom stereocenters. The Morgan fingerprint density at radius 2 is 1.80 bits per heavy atom. The molecular formula is C22H26N2O6. The van der Waals surface area contributed by atoms with E-state index in [0.717, 1.165) is 0 Å². The first kappa shape index (κ1) is 22.9. The molecule has 8 nitrogen and oxygen atoms in total. The van der Waals surface area contributed by atoms with Crippen molar-refractivity contribution in [2.45, 2.75) is 39.8 Å². The third-order valence-electron chi connectivity index (χ3n) is 4.48. The van der Waals surface area contributed by atoms with Crippen molar-refractivity contribution in [3.63, 3.8) is 0 Å². The van der Waals surface area contributed by atoms with Crippen molar-refractivity contribution in [1.82, 2.24) is 5.32 Å². The Morgan fingerprint density at radius 1 is 1.10 bits per heavy atom. The van der Waals surface area contributed by atoms with Crippen LogP contribution in [0.1, 0.15) is 49.7 Å². The fourth-order valence-electron chi connectivity index (χ4n) is 2.86. The maximum absolute atomic E-state index is 12.8. The lowest BCUT2D eigenvalue weighted by Crippen LogP contribution is -2.45. The summed E-state index contributed by atoms with van der Waals surface area (Å²) in [5.74, 6) is -0.875. The summed E-state index contributed by atoms with van der Waals surface area (Å²) in [5.41, 5.74) is 0.731. The number of nitro benzene ring substituents is 1. The maximum Gasteiger partial charge on any atom is 0.329 e. The number of non-ortho nitro benzene ring substituents is 1. The van der Waals surface area contributed by atoms with Crippen LogP contribution in [0.15, 0.2) is 48.5 Å². The minimum Gasteiger partial charge on any atom is -0.493 e. The van der Waals surface area contributed by atoms with Gasteiger partial charge in [0.15, 0.2) is 0 Å². The molecule has 0 fully saturated rings. The van der Waals surface area contributed by atoms with Crippen molar-refractivity contribution >= 4 is 17.6 Å². The predicted molar refractivity (Wildman–Crippen MR) is 111 cm³/mol. The SMILES string of the molecule is CCOc1ccccc1C(=O)N[C@H](C(=O)O[C@H](C)c1cccc([N+](=O)[O-])c1)C(C)C. The molecule has 0 aliphatic carbocycles. The minimum absolute atomic E-state index is 0.0864. The molecule has 0 aromatic heterocycles. The van der Waals surface area contributed by atoms with E-state index in [2.05, 4.69) is 5.32 Å². The molecule has 0 saturated heterocycles. The Bertz CT molecular complexity index is 912. The van der Waals surface area contributed by atoms with Crippen LogP contribution in [0, 0.1) is 16.0 Å². The lowest BCUT2D eigenvalue weighted by Gasteiger charge is -2.23. The van der Waals surface area contributed by atoms with Crippen molar-refractivity contribution in [2.75, 3.05) is 6.61 Å². The van der Waals surface area contributed by atoms with E-state index in [0.29, 0.717) is 23.5 Å². The molecule has 2 aromatic rings. The fourth-order valence-corrected chi connectivity index (χ4v) is 2.86. The molecule has 2 aromatic carbocycles. The monoisotopic (exact) mass is 414 g/mol. The normalized spacial score (nSPS) is 12.7. The summed E-state index contributed by atoms with van der Waals surface area (Å²) in [7, 11) is 0. The number of rotatable bonds is 9. The number of carbonyl (C=O) groups excluding carboxylic acids is 2. The Balaban J connectivity index is 2.14. The van der Waals surface area contributed by atoms with Gasteiger partial charge in [-0.25, -0.2) is 4.79 Å². The van der Waals surface area contributed by atoms with Crippen LogP contribution in [-0.2, 0) is 9.53 Å². The molecule has 2 rings (SSSR count). The first-order valence-corrected chi connectivity index (χ1v) is 9.72. The van der Waals surface area contributed by atoms with E-state index in [1.807, 2.05) is 6.92 Å². The van der Waals surface area contributed by atoms with Crippen molar-refractivity contribution in [3.05, 3.63) is 69.8 Å². The molecule has 0 heterocycles. The van der Waals surface area contributed by atoms with E-state index in [9.17, 15) is 19.7 Å². The van der Waals surface area contributed by atoms with Gasteiger partial charge in [0.25, 0.3) is 11.6 Å². The number of nitrogens with zero attached hydrogens (tertiary/aromatic N) is 1. The first-order valence-electron chi connectivity index (χ1n) is 9.72. The largest absolute Gasteiger partial charge is 0.493 e. The van der Waals surface area contributed by atoms with Gasteiger partial charge in [-0.15, -0.1) is 0 Å². The number of para-hydroxylation sites is 1. The van der Waals surface area contributed by atoms with Crippen LogP contribution in [0.2, 0.25) is 0 Å². The van der Waals surface area contributed by atoms with E-state index in [4.69, 9.17) is 9.47 Å². The van der Waals surface area contributed by atoms with Crippen molar-refractivity contribution in [2.24, 2.45) is 5.92 Å². The smallest absolute Gasteiger partial charge is 0.329 e. The van der Waals surface area contributed by atoms with Crippen LogP contribution < -0.4 is 10.1 Å². The number of benzene rings is 2. The van der Waals surface area contributed by atoms with Crippen molar-refractivity contribution < 1.29 is 24.0 Å². The number of carbonyl (C=O) groups is 2. The zero-order chi connectivity index (χ0) is 22.3. The second kappa shape index (κ2) is 10.4. The van der Waals surface area contributed by atoms with Crippen LogP contribution in [0.4, 0.5) is 5.69 Å². The number of amides is 1. The summed E-state index contributed by atoms with van der Waals surface area (Å²) in [5, 5.41) is 13.7. The van der Waals surface area contributed by atoms with Crippen LogP contribution in [0.5, 0.6) is 5.75 Å². The highest BCUT2D eigenvalue weighted by Crippen LogP contribution is 2.23. The quantitative estimate of drug-likeness (QED) is 0.377. The first-order chi connectivity index (χ1) is 14.2. The van der Waals surface area contributed by atoms with Gasteiger partial charge in [-0.3, -0.25) is 14.9 Å². The van der Waals surface area contributed by atoms with Gasteiger partial charge in [0.2, 0.25) is 0 Å². The second-order valence-corrected chi connectivity index (χ2v) is 7.06. The van der Waals surface area contributed by atoms with Gasteiger partial charge in [0, 0.05) is 12.1 Å². The van der Waals surface area contributed by atoms with Gasteiger partial charge >= 0.3 is 5.97 Å². The topological polar surface area (TPSA) is 108 Å². The molecule has 1 amide bonds. The molecule has 160 valence electrons. The lowest BCUT2D eigenvalue weighted by atomic mass is 10.0. The summed E-state index contributed by atoms with van der Waals surface area (Å²) in [6.45, 7) is 7.43. The van der Waals surface area contributed by atoms with Crippen LogP contribution in [0.25, 0.3) is 0 Å². The number of hydrogen-bond acceptors (Lipinski definition) is 6. The number of nitro groups is 1. The number of nitrogens with one attached hydrogen (secondary N) is 1. The number of esters is 1. The lowest BCUT2D eigenvalue weighted by molar-refractivity contribution is -0.385. The van der Waals surface area contributed by atoms with Crippen LogP contribution in [0.3, 0.4) is 0 Å². The summed E-state index contributed by atoms with van der Waals surface area (Å²) in [4.78, 5) is 36.0. The predicted octanol–water partition coefficient (Wildman–Crippen LogP) is 4.05. The Labute approximate surface area is 175 Å². The molecule has 1 N–H and O–H groups in total. The molecule has 0 radical (unpaired) electrons. The molecule has 30 heavy (non-hydrogen) atoms. The van der Waals surface area contributed by atoms with Crippen LogP contribution in [-0.4, -0.2) is 29.4 Å². The van der Waals surface area contributed by atoms with E-state index >= 15 is 0 Å². The van der Waals surface area contributed by atoms with Gasteiger partial charge in [0.1, 0.15) is 17.9 Å². The zero-order valence-electron chi connectivity index (χ0n) is 17.5. The third-order valence-corrected chi connectivity index (χ3v) is 4.48. The van der Waals surface area contributed by atoms with E-state index in [1.54, 1.807) is 51.1 Å². The summed E-state index contributed by atoms with van der Waals surface area (Å²) in [6, 6.07) is 11.8. The Morgan fingerprint density at radius 3 is 2.43 bits per heavy atom. The highest BCUT2D eigenvalue weighted by molar-refractivity contribution is 5.99. The molecule has 0 aliphatic heterocycles. The summed E-state index contributed by atoms with van der Waals surface area (Å²) in [6.07, 6.45) is -0.716. The Kier molecular flexibility index (Phi) is 7.91. The molecule has 2 atom stereocenters. The highest BCUT2D eigenvalue weighted by Gasteiger charge is 2.29. The van der Waals surface area contributed by atoms with Crippen molar-refractivity contribution in [3.8, 4) is 5.75 Å². The van der Waals surface area contributed by atoms with Gasteiger partial charge < -0.3 is 14.8 Å². The van der Waals surface area contributed by atoms with Gasteiger partial charge in [-0.05, 0) is 37.5 Å². The van der Waals surface area contributed by atoms with Gasteiger partial charge in [0.05, 0.1) is 17.1 Å². The van der Waals surface area contributed by atoms with Crippen LogP contribution >= 0.6 is 0 Å². The van der Waals surface area contributed by atoms with Gasteiger partial charge in [-0.1, -0.05) is 38.1 Å². The van der Waals surface area contributed by atoms with Gasteiger partial charge in [-0.2, -0.15) is 0 Å². The van der Waals surface area contributed by atoms with E-state index in [-0.39, 0.29) is 11.6 Å². The molecule has 0 saturated carbocycles. The third kappa shape index (κ3) is 5.79. The number of ether oxygens (including phenoxy) is 2. The van der Waals surface area contributed by atoms with E-state index < -0.39 is 28.9 Å². The average Bonchev–Trinajstić information content (AvgIpc) is 2.72. The molecule has 8 heteroatoms. The fraction of sp³-hybridized carbons (Fsp3) is 0.364. The van der Waals surface area contributed by atoms with E-state index in [1.165, 1.54) is 18.2 Å². The zero-order valence-corrected chi connectivity index (χ0v) is 17.5. The molecule has 0 bridgehead atoms. The average molecular weight is 414 g/mol. The number of hydrogen-bond donors (Lipinski definition) is 1. The van der Waals surface area contributed by atoms with Crippen molar-refractivity contribution in [1.29, 1.82) is 0 Å².